The van der Waals surface area contributed by atoms with Crippen LogP contribution in [0.25, 0.3) is 0 Å². The van der Waals surface area contributed by atoms with Crippen LogP contribution in [0.2, 0.25) is 0 Å². The molecular formula is C20H25N3O. The van der Waals surface area contributed by atoms with Gasteiger partial charge in [0.2, 0.25) is 5.91 Å². The summed E-state index contributed by atoms with van der Waals surface area (Å²) in [5, 5.41) is 0. The summed E-state index contributed by atoms with van der Waals surface area (Å²) in [6, 6.07) is 12.5. The first-order valence-electron chi connectivity index (χ1n) is 8.71. The van der Waals surface area contributed by atoms with Crippen LogP contribution in [0.4, 0.5) is 5.69 Å². The zero-order valence-corrected chi connectivity index (χ0v) is 14.3. The lowest BCUT2D eigenvalue weighted by Gasteiger charge is -2.25. The molecule has 0 spiro atoms. The fraction of sp³-hybridized carbons (Fsp3) is 0.400. The van der Waals surface area contributed by atoms with Crippen LogP contribution in [0.3, 0.4) is 0 Å². The molecule has 1 aromatic heterocycles. The van der Waals surface area contributed by atoms with E-state index in [0.29, 0.717) is 6.42 Å². The molecule has 0 saturated carbocycles. The third kappa shape index (κ3) is 4.13. The van der Waals surface area contributed by atoms with Crippen molar-refractivity contribution in [3.63, 3.8) is 0 Å². The van der Waals surface area contributed by atoms with E-state index in [2.05, 4.69) is 41.1 Å². The molecule has 126 valence electrons. The number of aromatic nitrogens is 1. The van der Waals surface area contributed by atoms with Crippen molar-refractivity contribution >= 4 is 11.6 Å². The Kier molecular flexibility index (Phi) is 5.47. The van der Waals surface area contributed by atoms with Gasteiger partial charge < -0.3 is 9.80 Å². The highest BCUT2D eigenvalue weighted by Gasteiger charge is 2.19. The topological polar surface area (TPSA) is 36.4 Å². The first-order chi connectivity index (χ1) is 11.7. The van der Waals surface area contributed by atoms with Gasteiger partial charge in [-0.1, -0.05) is 18.2 Å². The van der Waals surface area contributed by atoms with Crippen LogP contribution in [-0.2, 0) is 11.2 Å². The fourth-order valence-electron chi connectivity index (χ4n) is 3.28. The average molecular weight is 323 g/mol. The SMILES string of the molecule is Cc1ccccc1N1CCCN(C(=O)CCc2ccncc2)CC1. The minimum absolute atomic E-state index is 0.262. The quantitative estimate of drug-likeness (QED) is 0.868. The molecular weight excluding hydrogens is 298 g/mol. The van der Waals surface area contributed by atoms with Gasteiger partial charge in [0.15, 0.2) is 0 Å². The lowest BCUT2D eigenvalue weighted by Crippen LogP contribution is -2.35. The Balaban J connectivity index is 1.55. The first kappa shape index (κ1) is 16.5. The molecule has 4 nitrogen and oxygen atoms in total. The average Bonchev–Trinajstić information content (AvgIpc) is 2.87. The van der Waals surface area contributed by atoms with Crippen molar-refractivity contribution in [2.45, 2.75) is 26.2 Å². The zero-order valence-electron chi connectivity index (χ0n) is 14.3. The Morgan fingerprint density at radius 2 is 1.83 bits per heavy atom. The van der Waals surface area contributed by atoms with E-state index < -0.39 is 0 Å². The fourth-order valence-corrected chi connectivity index (χ4v) is 3.28. The summed E-state index contributed by atoms with van der Waals surface area (Å²) in [6.45, 7) is 5.74. The molecule has 0 aliphatic carbocycles. The molecule has 0 radical (unpaired) electrons. The molecule has 1 saturated heterocycles. The molecule has 1 amide bonds. The molecule has 4 heteroatoms. The van der Waals surface area contributed by atoms with Gasteiger partial charge in [0.1, 0.15) is 0 Å². The largest absolute Gasteiger partial charge is 0.369 e. The van der Waals surface area contributed by atoms with E-state index in [1.807, 2.05) is 17.0 Å². The third-order valence-corrected chi connectivity index (χ3v) is 4.68. The number of hydrogen-bond acceptors (Lipinski definition) is 3. The number of carbonyl (C=O) groups is 1. The van der Waals surface area contributed by atoms with Crippen molar-refractivity contribution in [3.05, 3.63) is 59.9 Å². The predicted octanol–water partition coefficient (Wildman–Crippen LogP) is 3.06. The van der Waals surface area contributed by atoms with Crippen LogP contribution < -0.4 is 4.90 Å². The molecule has 1 aromatic carbocycles. The Hall–Kier alpha value is -2.36. The second-order valence-electron chi connectivity index (χ2n) is 6.36. The summed E-state index contributed by atoms with van der Waals surface area (Å²) in [4.78, 5) is 21.0. The van der Waals surface area contributed by atoms with Gasteiger partial charge in [-0.2, -0.15) is 0 Å². The van der Waals surface area contributed by atoms with Crippen molar-refractivity contribution in [1.82, 2.24) is 9.88 Å². The maximum Gasteiger partial charge on any atom is 0.222 e. The highest BCUT2D eigenvalue weighted by Crippen LogP contribution is 2.21. The van der Waals surface area contributed by atoms with Gasteiger partial charge in [0.05, 0.1) is 0 Å². The van der Waals surface area contributed by atoms with E-state index in [9.17, 15) is 4.79 Å². The maximum atomic E-state index is 12.5. The number of anilines is 1. The minimum atomic E-state index is 0.262. The Morgan fingerprint density at radius 3 is 2.62 bits per heavy atom. The normalized spacial score (nSPS) is 15.2. The summed E-state index contributed by atoms with van der Waals surface area (Å²) in [7, 11) is 0. The van der Waals surface area contributed by atoms with Crippen LogP contribution in [0.1, 0.15) is 24.0 Å². The van der Waals surface area contributed by atoms with Crippen molar-refractivity contribution in [2.75, 3.05) is 31.1 Å². The van der Waals surface area contributed by atoms with Gasteiger partial charge in [0, 0.05) is 50.7 Å². The van der Waals surface area contributed by atoms with Crippen molar-refractivity contribution in [1.29, 1.82) is 0 Å². The molecule has 1 aliphatic rings. The number of amides is 1. The van der Waals surface area contributed by atoms with E-state index in [0.717, 1.165) is 39.0 Å². The lowest BCUT2D eigenvalue weighted by molar-refractivity contribution is -0.130. The smallest absolute Gasteiger partial charge is 0.222 e. The molecule has 2 heterocycles. The van der Waals surface area contributed by atoms with Crippen LogP contribution in [0.5, 0.6) is 0 Å². The Bertz CT molecular complexity index is 672. The standard InChI is InChI=1S/C20H25N3O/c1-17-5-2-3-6-19(17)22-13-4-14-23(16-15-22)20(24)8-7-18-9-11-21-12-10-18/h2-3,5-6,9-12H,4,7-8,13-16H2,1H3. The molecule has 2 aromatic rings. The molecule has 3 rings (SSSR count). The molecule has 0 unspecified atom stereocenters. The highest BCUT2D eigenvalue weighted by molar-refractivity contribution is 5.76. The summed E-state index contributed by atoms with van der Waals surface area (Å²) in [5.74, 6) is 0.262. The van der Waals surface area contributed by atoms with Gasteiger partial charge >= 0.3 is 0 Å². The number of benzene rings is 1. The van der Waals surface area contributed by atoms with Gasteiger partial charge in [0.25, 0.3) is 0 Å². The van der Waals surface area contributed by atoms with Crippen molar-refractivity contribution < 1.29 is 4.79 Å². The highest BCUT2D eigenvalue weighted by atomic mass is 16.2. The maximum absolute atomic E-state index is 12.5. The molecule has 0 bridgehead atoms. The molecule has 1 aliphatic heterocycles. The number of rotatable bonds is 4. The lowest BCUT2D eigenvalue weighted by atomic mass is 10.1. The monoisotopic (exact) mass is 323 g/mol. The number of hydrogen-bond donors (Lipinski definition) is 0. The van der Waals surface area contributed by atoms with Crippen LogP contribution in [0.15, 0.2) is 48.8 Å². The zero-order chi connectivity index (χ0) is 16.8. The van der Waals surface area contributed by atoms with Gasteiger partial charge in [-0.25, -0.2) is 0 Å². The second kappa shape index (κ2) is 7.95. The second-order valence-corrected chi connectivity index (χ2v) is 6.36. The first-order valence-corrected chi connectivity index (χ1v) is 8.71. The van der Waals surface area contributed by atoms with E-state index in [1.165, 1.54) is 16.8 Å². The summed E-state index contributed by atoms with van der Waals surface area (Å²) in [5.41, 5.74) is 3.77. The Morgan fingerprint density at radius 1 is 1.04 bits per heavy atom. The van der Waals surface area contributed by atoms with Gasteiger partial charge in [-0.15, -0.1) is 0 Å². The number of nitrogens with zero attached hydrogens (tertiary/aromatic N) is 3. The van der Waals surface area contributed by atoms with Gasteiger partial charge in [-0.3, -0.25) is 9.78 Å². The van der Waals surface area contributed by atoms with Crippen LogP contribution in [0, 0.1) is 6.92 Å². The third-order valence-electron chi connectivity index (χ3n) is 4.68. The Labute approximate surface area is 144 Å². The molecule has 0 N–H and O–H groups in total. The number of para-hydroxylation sites is 1. The predicted molar refractivity (Wildman–Crippen MR) is 97.1 cm³/mol. The summed E-state index contributed by atoms with van der Waals surface area (Å²) in [6.07, 6.45) is 5.96. The van der Waals surface area contributed by atoms with Crippen molar-refractivity contribution in [2.24, 2.45) is 0 Å². The molecule has 0 atom stereocenters. The van der Waals surface area contributed by atoms with E-state index in [4.69, 9.17) is 0 Å². The van der Waals surface area contributed by atoms with Crippen LogP contribution in [-0.4, -0.2) is 42.0 Å². The minimum Gasteiger partial charge on any atom is -0.369 e. The van der Waals surface area contributed by atoms with E-state index in [-0.39, 0.29) is 5.91 Å². The number of pyridine rings is 1. The summed E-state index contributed by atoms with van der Waals surface area (Å²) < 4.78 is 0. The van der Waals surface area contributed by atoms with Crippen molar-refractivity contribution in [3.8, 4) is 0 Å². The molecule has 1 fully saturated rings. The van der Waals surface area contributed by atoms with E-state index >= 15 is 0 Å². The van der Waals surface area contributed by atoms with Crippen LogP contribution >= 0.6 is 0 Å². The molecule has 24 heavy (non-hydrogen) atoms. The van der Waals surface area contributed by atoms with E-state index in [1.54, 1.807) is 12.4 Å². The number of aryl methyl sites for hydroxylation is 2. The van der Waals surface area contributed by atoms with Gasteiger partial charge in [-0.05, 0) is 49.1 Å². The number of carbonyl (C=O) groups excluding carboxylic acids is 1. The summed E-state index contributed by atoms with van der Waals surface area (Å²) >= 11 is 0.